The van der Waals surface area contributed by atoms with Crippen LogP contribution in [0.15, 0.2) is 16.6 Å². The van der Waals surface area contributed by atoms with Gasteiger partial charge in [0.25, 0.3) is 0 Å². The first-order chi connectivity index (χ1) is 8.34. The molecule has 3 nitrogen and oxygen atoms in total. The van der Waals surface area contributed by atoms with Gasteiger partial charge in [-0.05, 0) is 49.5 Å². The van der Waals surface area contributed by atoms with Crippen LogP contribution in [-0.4, -0.2) is 19.9 Å². The molecular formula is C13H16BrNO2. The molecule has 0 aliphatic carbocycles. The maximum Gasteiger partial charge on any atom is 0.189 e. The Balaban J connectivity index is 1.90. The highest BCUT2D eigenvalue weighted by atomic mass is 79.9. The molecule has 2 aliphatic rings. The first-order valence-corrected chi connectivity index (χ1v) is 6.85. The van der Waals surface area contributed by atoms with Crippen LogP contribution in [0.25, 0.3) is 0 Å². The molecule has 2 heterocycles. The predicted molar refractivity (Wildman–Crippen MR) is 69.1 cm³/mol. The van der Waals surface area contributed by atoms with Gasteiger partial charge < -0.3 is 14.8 Å². The fraction of sp³-hybridized carbons (Fsp3) is 0.538. The van der Waals surface area contributed by atoms with Gasteiger partial charge in [0.2, 0.25) is 0 Å². The largest absolute Gasteiger partial charge is 0.467 e. The number of nitrogens with one attached hydrogen (secondary N) is 1. The zero-order valence-electron chi connectivity index (χ0n) is 9.67. The molecule has 0 amide bonds. The Bertz CT molecular complexity index is 416. The van der Waals surface area contributed by atoms with E-state index in [-0.39, 0.29) is 0 Å². The van der Waals surface area contributed by atoms with Crippen LogP contribution in [0, 0.1) is 5.92 Å². The van der Waals surface area contributed by atoms with Gasteiger partial charge in [-0.1, -0.05) is 15.9 Å². The van der Waals surface area contributed by atoms with Crippen molar-refractivity contribution in [3.05, 3.63) is 27.7 Å². The van der Waals surface area contributed by atoms with Gasteiger partial charge in [-0.25, -0.2) is 0 Å². The molecule has 1 aromatic carbocycles. The molecule has 0 aromatic heterocycles. The lowest BCUT2D eigenvalue weighted by Crippen LogP contribution is -2.16. The van der Waals surface area contributed by atoms with Gasteiger partial charge in [-0.2, -0.15) is 0 Å². The Labute approximate surface area is 110 Å². The second-order valence-electron chi connectivity index (χ2n) is 4.68. The van der Waals surface area contributed by atoms with Crippen molar-refractivity contribution in [1.29, 1.82) is 0 Å². The summed E-state index contributed by atoms with van der Waals surface area (Å²) >= 11 is 3.65. The average molecular weight is 298 g/mol. The van der Waals surface area contributed by atoms with E-state index in [4.69, 9.17) is 9.47 Å². The third kappa shape index (κ3) is 2.34. The van der Waals surface area contributed by atoms with Crippen molar-refractivity contribution < 1.29 is 9.47 Å². The molecule has 4 heteroatoms. The van der Waals surface area contributed by atoms with Crippen LogP contribution in [0.5, 0.6) is 5.75 Å². The molecule has 0 radical (unpaired) electrons. The van der Waals surface area contributed by atoms with Crippen molar-refractivity contribution in [2.24, 2.45) is 5.92 Å². The molecule has 3 rings (SSSR count). The van der Waals surface area contributed by atoms with Gasteiger partial charge in [0.05, 0.1) is 6.61 Å². The zero-order valence-corrected chi connectivity index (χ0v) is 11.3. The number of hydrogen-bond acceptors (Lipinski definition) is 3. The number of benzene rings is 1. The minimum atomic E-state index is 0.374. The summed E-state index contributed by atoms with van der Waals surface area (Å²) in [6.07, 6.45) is 2.36. The van der Waals surface area contributed by atoms with E-state index in [0.29, 0.717) is 13.4 Å². The topological polar surface area (TPSA) is 30.5 Å². The maximum atomic E-state index is 5.52. The SMILES string of the molecule is Brc1ccc2c(c1CC1CCNC1)COCO2. The molecule has 0 spiro atoms. The fourth-order valence-electron chi connectivity index (χ4n) is 2.58. The molecule has 0 saturated carbocycles. The Morgan fingerprint density at radius 3 is 3.18 bits per heavy atom. The molecule has 1 unspecified atom stereocenters. The normalized spacial score (nSPS) is 23.2. The summed E-state index contributed by atoms with van der Waals surface area (Å²) in [6, 6.07) is 4.11. The van der Waals surface area contributed by atoms with Gasteiger partial charge in [0, 0.05) is 10.0 Å². The van der Waals surface area contributed by atoms with E-state index in [0.717, 1.165) is 31.2 Å². The third-order valence-corrected chi connectivity index (χ3v) is 4.27. The van der Waals surface area contributed by atoms with Gasteiger partial charge in [0.15, 0.2) is 6.79 Å². The monoisotopic (exact) mass is 297 g/mol. The van der Waals surface area contributed by atoms with E-state index >= 15 is 0 Å². The fourth-order valence-corrected chi connectivity index (χ4v) is 3.12. The lowest BCUT2D eigenvalue weighted by molar-refractivity contribution is -0.0169. The number of fused-ring (bicyclic) bond motifs is 1. The van der Waals surface area contributed by atoms with E-state index < -0.39 is 0 Å². The summed E-state index contributed by atoms with van der Waals surface area (Å²) in [6.45, 7) is 3.31. The van der Waals surface area contributed by atoms with Crippen molar-refractivity contribution in [3.63, 3.8) is 0 Å². The summed E-state index contributed by atoms with van der Waals surface area (Å²) in [5, 5.41) is 3.41. The standard InChI is InChI=1S/C13H16BrNO2/c14-12-1-2-13-11(7-16-8-17-13)10(12)5-9-3-4-15-6-9/h1-2,9,15H,3-8H2. The first kappa shape index (κ1) is 11.5. The van der Waals surface area contributed by atoms with Crippen LogP contribution < -0.4 is 10.1 Å². The van der Waals surface area contributed by atoms with Crippen LogP contribution in [0.1, 0.15) is 17.5 Å². The van der Waals surface area contributed by atoms with Crippen molar-refractivity contribution in [2.45, 2.75) is 19.4 Å². The zero-order chi connectivity index (χ0) is 11.7. The van der Waals surface area contributed by atoms with Gasteiger partial charge in [-0.3, -0.25) is 0 Å². The van der Waals surface area contributed by atoms with E-state index in [1.807, 2.05) is 6.07 Å². The van der Waals surface area contributed by atoms with Crippen molar-refractivity contribution in [2.75, 3.05) is 19.9 Å². The van der Waals surface area contributed by atoms with Gasteiger partial charge in [0.1, 0.15) is 5.75 Å². The van der Waals surface area contributed by atoms with Crippen molar-refractivity contribution in [3.8, 4) is 5.75 Å². The maximum absolute atomic E-state index is 5.52. The summed E-state index contributed by atoms with van der Waals surface area (Å²) < 4.78 is 12.1. The molecule has 1 aromatic rings. The van der Waals surface area contributed by atoms with Gasteiger partial charge in [-0.15, -0.1) is 0 Å². The van der Waals surface area contributed by atoms with Crippen molar-refractivity contribution in [1.82, 2.24) is 5.32 Å². The van der Waals surface area contributed by atoms with Gasteiger partial charge >= 0.3 is 0 Å². The molecule has 1 N–H and O–H groups in total. The van der Waals surface area contributed by atoms with E-state index in [9.17, 15) is 0 Å². The molecule has 1 atom stereocenters. The lowest BCUT2D eigenvalue weighted by Gasteiger charge is -2.22. The second-order valence-corrected chi connectivity index (χ2v) is 5.53. The molecule has 0 bridgehead atoms. The van der Waals surface area contributed by atoms with E-state index in [1.54, 1.807) is 0 Å². The van der Waals surface area contributed by atoms with Crippen LogP contribution >= 0.6 is 15.9 Å². The van der Waals surface area contributed by atoms with Crippen LogP contribution in [0.2, 0.25) is 0 Å². The first-order valence-electron chi connectivity index (χ1n) is 6.06. The Kier molecular flexibility index (Phi) is 3.36. The highest BCUT2D eigenvalue weighted by Crippen LogP contribution is 2.34. The minimum absolute atomic E-state index is 0.374. The predicted octanol–water partition coefficient (Wildman–Crippen LogP) is 2.47. The Morgan fingerprint density at radius 2 is 2.35 bits per heavy atom. The summed E-state index contributed by atoms with van der Waals surface area (Å²) in [7, 11) is 0. The average Bonchev–Trinajstić information content (AvgIpc) is 2.86. The molecule has 92 valence electrons. The Hall–Kier alpha value is -0.580. The van der Waals surface area contributed by atoms with Crippen LogP contribution in [-0.2, 0) is 17.8 Å². The quantitative estimate of drug-likeness (QED) is 0.910. The summed E-state index contributed by atoms with van der Waals surface area (Å²) in [5.41, 5.74) is 2.58. The molecule has 1 saturated heterocycles. The number of hydrogen-bond donors (Lipinski definition) is 1. The highest BCUT2D eigenvalue weighted by Gasteiger charge is 2.22. The minimum Gasteiger partial charge on any atom is -0.467 e. The van der Waals surface area contributed by atoms with E-state index in [1.165, 1.54) is 22.0 Å². The van der Waals surface area contributed by atoms with Crippen molar-refractivity contribution >= 4 is 15.9 Å². The smallest absolute Gasteiger partial charge is 0.189 e. The van der Waals surface area contributed by atoms with Crippen LogP contribution in [0.3, 0.4) is 0 Å². The third-order valence-electron chi connectivity index (χ3n) is 3.53. The number of ether oxygens (including phenoxy) is 2. The highest BCUT2D eigenvalue weighted by molar-refractivity contribution is 9.10. The lowest BCUT2D eigenvalue weighted by atomic mass is 9.94. The molecular weight excluding hydrogens is 282 g/mol. The number of rotatable bonds is 2. The summed E-state index contributed by atoms with van der Waals surface area (Å²) in [4.78, 5) is 0. The second kappa shape index (κ2) is 4.96. The Morgan fingerprint density at radius 1 is 1.41 bits per heavy atom. The molecule has 17 heavy (non-hydrogen) atoms. The molecule has 1 fully saturated rings. The van der Waals surface area contributed by atoms with E-state index in [2.05, 4.69) is 27.3 Å². The molecule has 2 aliphatic heterocycles. The summed E-state index contributed by atoms with van der Waals surface area (Å²) in [5.74, 6) is 1.72. The van der Waals surface area contributed by atoms with Crippen LogP contribution in [0.4, 0.5) is 0 Å². The number of halogens is 1.